The first-order valence-electron chi connectivity index (χ1n) is 5.94. The molecule has 1 aromatic carbocycles. The van der Waals surface area contributed by atoms with Crippen molar-refractivity contribution in [1.29, 1.82) is 0 Å². The van der Waals surface area contributed by atoms with E-state index < -0.39 is 34.3 Å². The third kappa shape index (κ3) is 2.63. The Balaban J connectivity index is 2.50. The van der Waals surface area contributed by atoms with E-state index in [1.54, 1.807) is 0 Å². The van der Waals surface area contributed by atoms with Gasteiger partial charge in [0.05, 0.1) is 12.6 Å². The van der Waals surface area contributed by atoms with Crippen LogP contribution in [0.5, 0.6) is 0 Å². The maximum Gasteiger partial charge on any atom is 0.511 e. The Hall–Kier alpha value is -1.59. The van der Waals surface area contributed by atoms with Crippen LogP contribution < -0.4 is 0 Å². The van der Waals surface area contributed by atoms with Gasteiger partial charge in [-0.15, -0.1) is 6.42 Å². The molecule has 0 unspecified atom stereocenters. The van der Waals surface area contributed by atoms with Gasteiger partial charge >= 0.3 is 15.5 Å². The van der Waals surface area contributed by atoms with Gasteiger partial charge < -0.3 is 0 Å². The molecular formula is C13H11F4NO2S. The molecule has 0 heterocycles. The van der Waals surface area contributed by atoms with Crippen molar-refractivity contribution >= 4 is 10.0 Å². The average molecular weight is 321 g/mol. The van der Waals surface area contributed by atoms with Gasteiger partial charge in [0, 0.05) is 6.42 Å². The van der Waals surface area contributed by atoms with Gasteiger partial charge in [-0.2, -0.15) is 17.5 Å². The average Bonchev–Trinajstić information content (AvgIpc) is 2.72. The largest absolute Gasteiger partial charge is 0.511 e. The Kier molecular flexibility index (Phi) is 4.00. The topological polar surface area (TPSA) is 37.4 Å². The van der Waals surface area contributed by atoms with Crippen molar-refractivity contribution in [3.63, 3.8) is 0 Å². The first kappa shape index (κ1) is 15.8. The fraction of sp³-hybridized carbons (Fsp3) is 0.385. The van der Waals surface area contributed by atoms with E-state index in [9.17, 15) is 26.0 Å². The van der Waals surface area contributed by atoms with Gasteiger partial charge in [-0.1, -0.05) is 30.2 Å². The number of sulfonamides is 1. The molecule has 0 aliphatic heterocycles. The standard InChI is InChI=1S/C13H11F4NO2S/c1-2-7-18(21(19,20)13(15,16)17)12-8-11(14)9-5-3-4-6-10(9)12/h1,3-6,11-12H,7-8H2/t11-,12-/m1/s1. The number of hydrogen-bond donors (Lipinski definition) is 0. The van der Waals surface area contributed by atoms with Crippen molar-refractivity contribution < 1.29 is 26.0 Å². The number of rotatable bonds is 3. The highest BCUT2D eigenvalue weighted by Crippen LogP contribution is 2.46. The summed E-state index contributed by atoms with van der Waals surface area (Å²) in [6.45, 7) is -0.770. The van der Waals surface area contributed by atoms with E-state index >= 15 is 0 Å². The monoisotopic (exact) mass is 321 g/mol. The maximum atomic E-state index is 13.9. The van der Waals surface area contributed by atoms with Crippen LogP contribution in [0.2, 0.25) is 0 Å². The van der Waals surface area contributed by atoms with E-state index in [1.165, 1.54) is 24.3 Å². The maximum absolute atomic E-state index is 13.9. The van der Waals surface area contributed by atoms with Crippen LogP contribution in [0.1, 0.15) is 29.8 Å². The Morgan fingerprint density at radius 1 is 1.29 bits per heavy atom. The Morgan fingerprint density at radius 3 is 2.38 bits per heavy atom. The zero-order valence-corrected chi connectivity index (χ0v) is 11.5. The van der Waals surface area contributed by atoms with Crippen molar-refractivity contribution in [2.45, 2.75) is 24.1 Å². The van der Waals surface area contributed by atoms with Crippen LogP contribution in [-0.2, 0) is 10.0 Å². The highest BCUT2D eigenvalue weighted by Gasteiger charge is 2.53. The third-order valence-corrected chi connectivity index (χ3v) is 4.90. The lowest BCUT2D eigenvalue weighted by Gasteiger charge is -2.27. The summed E-state index contributed by atoms with van der Waals surface area (Å²) in [5.74, 6) is 1.89. The van der Waals surface area contributed by atoms with E-state index in [-0.39, 0.29) is 21.9 Å². The van der Waals surface area contributed by atoms with Crippen molar-refractivity contribution in [3.8, 4) is 12.3 Å². The number of terminal acetylenes is 1. The van der Waals surface area contributed by atoms with Crippen molar-refractivity contribution in [3.05, 3.63) is 35.4 Å². The number of hydrogen-bond acceptors (Lipinski definition) is 2. The van der Waals surface area contributed by atoms with Crippen LogP contribution in [-0.4, -0.2) is 24.8 Å². The number of benzene rings is 1. The molecule has 1 aliphatic rings. The van der Waals surface area contributed by atoms with Crippen LogP contribution in [0.15, 0.2) is 24.3 Å². The molecule has 0 bridgehead atoms. The number of fused-ring (bicyclic) bond motifs is 1. The summed E-state index contributed by atoms with van der Waals surface area (Å²) in [4.78, 5) is 0. The number of nitrogens with zero attached hydrogens (tertiary/aromatic N) is 1. The van der Waals surface area contributed by atoms with Crippen LogP contribution >= 0.6 is 0 Å². The van der Waals surface area contributed by atoms with Crippen LogP contribution in [0.3, 0.4) is 0 Å². The summed E-state index contributed by atoms with van der Waals surface area (Å²) in [7, 11) is -5.63. The van der Waals surface area contributed by atoms with E-state index in [4.69, 9.17) is 6.42 Å². The molecule has 0 aromatic heterocycles. The molecule has 1 aliphatic carbocycles. The summed E-state index contributed by atoms with van der Waals surface area (Å²) in [5, 5.41) is 0. The van der Waals surface area contributed by atoms with Crippen molar-refractivity contribution in [2.24, 2.45) is 0 Å². The zero-order valence-electron chi connectivity index (χ0n) is 10.6. The second kappa shape index (κ2) is 5.31. The summed E-state index contributed by atoms with van der Waals surface area (Å²) in [6, 6.07) is 4.64. The Labute approximate surface area is 119 Å². The van der Waals surface area contributed by atoms with Gasteiger partial charge in [-0.25, -0.2) is 12.8 Å². The molecule has 21 heavy (non-hydrogen) atoms. The van der Waals surface area contributed by atoms with Crippen molar-refractivity contribution in [2.75, 3.05) is 6.54 Å². The first-order chi connectivity index (χ1) is 9.70. The van der Waals surface area contributed by atoms with E-state index in [0.717, 1.165) is 0 Å². The van der Waals surface area contributed by atoms with Crippen molar-refractivity contribution in [1.82, 2.24) is 4.31 Å². The second-order valence-electron chi connectivity index (χ2n) is 4.55. The highest BCUT2D eigenvalue weighted by atomic mass is 32.2. The second-order valence-corrected chi connectivity index (χ2v) is 6.43. The predicted octanol–water partition coefficient (Wildman–Crippen LogP) is 2.93. The van der Waals surface area contributed by atoms with E-state index in [2.05, 4.69) is 0 Å². The number of alkyl halides is 4. The first-order valence-corrected chi connectivity index (χ1v) is 7.38. The summed E-state index contributed by atoms with van der Waals surface area (Å²) in [5.41, 5.74) is -5.07. The minimum Gasteiger partial charge on any atom is -0.242 e. The molecule has 114 valence electrons. The van der Waals surface area contributed by atoms with Gasteiger partial charge in [0.15, 0.2) is 0 Å². The Morgan fingerprint density at radius 2 is 1.86 bits per heavy atom. The minimum atomic E-state index is -5.63. The highest BCUT2D eigenvalue weighted by molar-refractivity contribution is 7.90. The van der Waals surface area contributed by atoms with Crippen LogP contribution in [0.25, 0.3) is 0 Å². The van der Waals surface area contributed by atoms with E-state index in [0.29, 0.717) is 0 Å². The molecule has 0 spiro atoms. The lowest BCUT2D eigenvalue weighted by Crippen LogP contribution is -2.42. The van der Waals surface area contributed by atoms with Gasteiger partial charge in [0.25, 0.3) is 0 Å². The molecule has 1 aromatic rings. The zero-order chi connectivity index (χ0) is 15.8. The molecule has 0 saturated heterocycles. The molecule has 2 rings (SSSR count). The summed E-state index contributed by atoms with van der Waals surface area (Å²) < 4.78 is 75.5. The molecule has 2 atom stereocenters. The van der Waals surface area contributed by atoms with Crippen LogP contribution in [0, 0.1) is 12.3 Å². The Bertz CT molecular complexity index is 678. The minimum absolute atomic E-state index is 0.144. The molecule has 0 N–H and O–H groups in total. The molecular weight excluding hydrogens is 310 g/mol. The molecule has 0 saturated carbocycles. The lowest BCUT2D eigenvalue weighted by molar-refractivity contribution is -0.0498. The lowest BCUT2D eigenvalue weighted by atomic mass is 10.1. The summed E-state index contributed by atoms with van der Waals surface area (Å²) in [6.07, 6.45) is 3.08. The fourth-order valence-electron chi connectivity index (χ4n) is 2.41. The SMILES string of the molecule is C#CCN([C@@H]1C[C@@H](F)c2ccccc21)S(=O)(=O)C(F)(F)F. The van der Waals surface area contributed by atoms with Gasteiger partial charge in [0.2, 0.25) is 0 Å². The van der Waals surface area contributed by atoms with Gasteiger partial charge in [-0.05, 0) is 11.1 Å². The molecule has 0 amide bonds. The predicted molar refractivity (Wildman–Crippen MR) is 68.2 cm³/mol. The normalized spacial score (nSPS) is 22.1. The molecule has 3 nitrogen and oxygen atoms in total. The third-order valence-electron chi connectivity index (χ3n) is 3.32. The van der Waals surface area contributed by atoms with Crippen LogP contribution in [0.4, 0.5) is 17.6 Å². The molecule has 8 heteroatoms. The smallest absolute Gasteiger partial charge is 0.242 e. The quantitative estimate of drug-likeness (QED) is 0.634. The van der Waals surface area contributed by atoms with Gasteiger partial charge in [-0.3, -0.25) is 0 Å². The van der Waals surface area contributed by atoms with Gasteiger partial charge in [0.1, 0.15) is 6.17 Å². The summed E-state index contributed by atoms with van der Waals surface area (Å²) >= 11 is 0. The van der Waals surface area contributed by atoms with E-state index in [1.807, 2.05) is 5.92 Å². The molecule has 0 radical (unpaired) electrons. The molecule has 0 fully saturated rings. The number of halogens is 4. The fourth-order valence-corrected chi connectivity index (χ4v) is 3.45.